The fourth-order valence-electron chi connectivity index (χ4n) is 4.41. The minimum Gasteiger partial charge on any atom is -0.314 e. The first kappa shape index (κ1) is 30.2. The monoisotopic (exact) mass is 466 g/mol. The van der Waals surface area contributed by atoms with E-state index in [1.165, 1.54) is 57.4 Å². The van der Waals surface area contributed by atoms with Crippen LogP contribution in [0.5, 0.6) is 0 Å². The predicted molar refractivity (Wildman–Crippen MR) is 136 cm³/mol. The summed E-state index contributed by atoms with van der Waals surface area (Å²) >= 11 is 0. The molecule has 30 heavy (non-hydrogen) atoms. The molecule has 0 saturated carbocycles. The Morgan fingerprint density at radius 2 is 1.17 bits per heavy atom. The molecule has 0 bridgehead atoms. The lowest BCUT2D eigenvalue weighted by molar-refractivity contribution is 0.326. The van der Waals surface area contributed by atoms with Crippen LogP contribution in [0.1, 0.15) is 117 Å². The van der Waals surface area contributed by atoms with Gasteiger partial charge in [-0.1, -0.05) is 110 Å². The summed E-state index contributed by atoms with van der Waals surface area (Å²) in [5.74, 6) is 0. The van der Waals surface area contributed by atoms with E-state index in [1.807, 2.05) is 0 Å². The molecule has 0 N–H and O–H groups in total. The largest absolute Gasteiger partial charge is 0.314 e. The lowest BCUT2D eigenvalue weighted by Crippen LogP contribution is -2.28. The molecule has 0 radical (unpaired) electrons. The first-order valence-electron chi connectivity index (χ1n) is 13.5. The van der Waals surface area contributed by atoms with Crippen LogP contribution in [0.2, 0.25) is 30.2 Å². The quantitative estimate of drug-likeness (QED) is 0.0754. The molecule has 0 fully saturated rings. The summed E-state index contributed by atoms with van der Waals surface area (Å²) in [4.78, 5) is 0. The highest BCUT2D eigenvalue weighted by atomic mass is 28.4. The summed E-state index contributed by atoms with van der Waals surface area (Å²) in [6, 6.07) is 4.55. The zero-order chi connectivity index (χ0) is 22.3. The molecule has 1 atom stereocenters. The van der Waals surface area contributed by atoms with Crippen molar-refractivity contribution in [2.24, 2.45) is 0 Å². The second-order valence-corrected chi connectivity index (χ2v) is 15.4. The van der Waals surface area contributed by atoms with Gasteiger partial charge in [0.15, 0.2) is 0 Å². The van der Waals surface area contributed by atoms with E-state index in [2.05, 4.69) is 13.8 Å². The number of halogens is 3. The summed E-state index contributed by atoms with van der Waals surface area (Å²) in [5, 5.41) is 0. The molecule has 0 saturated heterocycles. The van der Waals surface area contributed by atoms with Crippen LogP contribution < -0.4 is 0 Å². The molecule has 0 aromatic rings. The second-order valence-electron chi connectivity index (χ2n) is 9.57. The van der Waals surface area contributed by atoms with Crippen LogP contribution in [-0.2, 0) is 0 Å². The molecular weight excluding hydrogens is 413 g/mol. The van der Waals surface area contributed by atoms with E-state index in [0.29, 0.717) is 12.8 Å². The van der Waals surface area contributed by atoms with Crippen molar-refractivity contribution in [1.29, 1.82) is 0 Å². The van der Waals surface area contributed by atoms with Crippen molar-refractivity contribution >= 4 is 17.9 Å². The molecule has 0 amide bonds. The van der Waals surface area contributed by atoms with Gasteiger partial charge in [0.2, 0.25) is 8.41 Å². The van der Waals surface area contributed by atoms with Crippen LogP contribution in [0.25, 0.3) is 0 Å². The average Bonchev–Trinajstić information content (AvgIpc) is 2.73. The van der Waals surface area contributed by atoms with Crippen molar-refractivity contribution in [1.82, 2.24) is 0 Å². The lowest BCUT2D eigenvalue weighted by Gasteiger charge is -2.23. The van der Waals surface area contributed by atoms with Gasteiger partial charge in [0, 0.05) is 9.52 Å². The molecule has 5 heteroatoms. The van der Waals surface area contributed by atoms with Crippen molar-refractivity contribution in [3.8, 4) is 0 Å². The van der Waals surface area contributed by atoms with Crippen molar-refractivity contribution in [2.75, 3.05) is 6.67 Å². The Bertz CT molecular complexity index is 328. The Labute approximate surface area is 190 Å². The van der Waals surface area contributed by atoms with Gasteiger partial charge in [0.25, 0.3) is 0 Å². The Hall–Kier alpha value is 0.224. The van der Waals surface area contributed by atoms with Crippen molar-refractivity contribution < 1.29 is 12.9 Å². The zero-order valence-electron chi connectivity index (χ0n) is 20.5. The lowest BCUT2D eigenvalue weighted by atomic mass is 10.1. The van der Waals surface area contributed by atoms with E-state index in [9.17, 15) is 8.78 Å². The Balaban J connectivity index is 3.99. The zero-order valence-corrected chi connectivity index (χ0v) is 22.9. The van der Waals surface area contributed by atoms with Gasteiger partial charge >= 0.3 is 0 Å². The minimum atomic E-state index is -2.57. The number of unbranched alkanes of at least 4 members (excludes halogenated alkanes) is 11. The normalized spacial score (nSPS) is 13.5. The van der Waals surface area contributed by atoms with E-state index in [-0.39, 0.29) is 16.2 Å². The second kappa shape index (κ2) is 22.4. The molecule has 0 aliphatic carbocycles. The van der Waals surface area contributed by atoms with Crippen LogP contribution in [0.15, 0.2) is 0 Å². The van der Waals surface area contributed by atoms with Gasteiger partial charge < -0.3 is 4.11 Å². The van der Waals surface area contributed by atoms with Crippen molar-refractivity contribution in [2.45, 2.75) is 153 Å². The van der Waals surface area contributed by atoms with Gasteiger partial charge in [0.05, 0.1) is 12.8 Å². The molecule has 0 heterocycles. The molecule has 1 unspecified atom stereocenters. The highest BCUT2D eigenvalue weighted by Gasteiger charge is 2.32. The summed E-state index contributed by atoms with van der Waals surface area (Å²) in [7, 11) is -2.91. The van der Waals surface area contributed by atoms with Gasteiger partial charge in [-0.15, -0.1) is 0 Å². The van der Waals surface area contributed by atoms with Crippen molar-refractivity contribution in [3.05, 3.63) is 0 Å². The Morgan fingerprint density at radius 3 is 1.70 bits per heavy atom. The van der Waals surface area contributed by atoms with E-state index >= 15 is 4.11 Å². The number of alkyl halides is 2. The van der Waals surface area contributed by atoms with E-state index < -0.39 is 14.6 Å². The fourth-order valence-corrected chi connectivity index (χ4v) is 9.54. The van der Waals surface area contributed by atoms with E-state index in [0.717, 1.165) is 62.7 Å². The molecule has 0 rings (SSSR count). The number of hydrogen-bond acceptors (Lipinski definition) is 0. The number of hydrogen-bond donors (Lipinski definition) is 0. The number of rotatable bonds is 24. The maximum atomic E-state index is 15.7. The van der Waals surface area contributed by atoms with Crippen LogP contribution in [0.3, 0.4) is 0 Å². The first-order valence-corrected chi connectivity index (χ1v) is 18.0. The molecule has 0 nitrogen and oxygen atoms in total. The van der Waals surface area contributed by atoms with Gasteiger partial charge in [-0.2, -0.15) is 0 Å². The average molecular weight is 467 g/mol. The Morgan fingerprint density at radius 1 is 0.667 bits per heavy atom. The predicted octanol–water partition coefficient (Wildman–Crippen LogP) is 9.50. The molecule has 182 valence electrons. The molecule has 0 aliphatic rings. The third-order valence-electron chi connectivity index (χ3n) is 6.50. The molecule has 0 spiro atoms. The summed E-state index contributed by atoms with van der Waals surface area (Å²) < 4.78 is 41.6. The summed E-state index contributed by atoms with van der Waals surface area (Å²) in [6.45, 7) is 4.18. The Kier molecular flexibility index (Phi) is 22.6. The summed E-state index contributed by atoms with van der Waals surface area (Å²) in [5.41, 5.74) is 0. The standard InChI is InChI=1S/C25H53F3Si2/c1-3-5-7-9-15-21-30(28,22-16-10-8-6-4-2)23-17-14-20-29-24-25(27)18-12-11-13-19-26/h25H,3-24,29H2,1-2H3. The highest BCUT2D eigenvalue weighted by molar-refractivity contribution is 6.73. The fraction of sp³-hybridized carbons (Fsp3) is 1.00. The minimum absolute atomic E-state index is 0.275. The maximum absolute atomic E-state index is 15.7. The van der Waals surface area contributed by atoms with Crippen LogP contribution >= 0.6 is 0 Å². The van der Waals surface area contributed by atoms with Crippen LogP contribution in [0.4, 0.5) is 12.9 Å². The molecular formula is C25H53F3Si2. The SMILES string of the molecule is CCCCCCC[Si](F)(CCCCCCC)CCCC[SiH2]CC(F)CCCCCF. The molecule has 0 aromatic heterocycles. The third kappa shape index (κ3) is 20.1. The van der Waals surface area contributed by atoms with Gasteiger partial charge in [0.1, 0.15) is 0 Å². The van der Waals surface area contributed by atoms with Gasteiger partial charge in [-0.25, -0.2) is 4.39 Å². The van der Waals surface area contributed by atoms with Gasteiger partial charge in [-0.05, 0) is 37.0 Å². The molecule has 0 aliphatic heterocycles. The van der Waals surface area contributed by atoms with E-state index in [4.69, 9.17) is 0 Å². The highest BCUT2D eigenvalue weighted by Crippen LogP contribution is 2.31. The maximum Gasteiger partial charge on any atom is 0.247 e. The first-order chi connectivity index (χ1) is 14.6. The van der Waals surface area contributed by atoms with Gasteiger partial charge in [-0.3, -0.25) is 4.39 Å². The summed E-state index contributed by atoms with van der Waals surface area (Å²) in [6.07, 6.45) is 16.5. The topological polar surface area (TPSA) is 0 Å². The van der Waals surface area contributed by atoms with Crippen LogP contribution in [0, 0.1) is 0 Å². The smallest absolute Gasteiger partial charge is 0.247 e. The molecule has 0 aromatic carbocycles. The third-order valence-corrected chi connectivity index (χ3v) is 12.3. The van der Waals surface area contributed by atoms with Crippen molar-refractivity contribution in [3.63, 3.8) is 0 Å². The van der Waals surface area contributed by atoms with E-state index in [1.54, 1.807) is 0 Å². The van der Waals surface area contributed by atoms with Crippen LogP contribution in [-0.4, -0.2) is 30.8 Å².